The van der Waals surface area contributed by atoms with Gasteiger partial charge in [0.15, 0.2) is 5.60 Å². The lowest BCUT2D eigenvalue weighted by Gasteiger charge is -2.53. The molecule has 1 amide bonds. The fourth-order valence-corrected chi connectivity index (χ4v) is 3.84. The summed E-state index contributed by atoms with van der Waals surface area (Å²) in [6, 6.07) is 9.34. The molecule has 0 spiro atoms. The molecular weight excluding hydrogens is 306 g/mol. The Bertz CT molecular complexity index is 607. The van der Waals surface area contributed by atoms with Crippen molar-refractivity contribution in [2.24, 2.45) is 5.92 Å². The topological polar surface area (TPSA) is 75.6 Å². The van der Waals surface area contributed by atoms with E-state index < -0.39 is 29.1 Å². The number of rotatable bonds is 5. The number of esters is 1. The van der Waals surface area contributed by atoms with E-state index in [0.717, 1.165) is 5.56 Å². The molecule has 1 unspecified atom stereocenters. The maximum atomic E-state index is 12.2. The number of carbonyl (C=O) groups excluding carboxylic acids is 2. The van der Waals surface area contributed by atoms with E-state index in [4.69, 9.17) is 16.3 Å². The number of aliphatic hydroxyl groups excluding tert-OH is 1. The maximum Gasteiger partial charge on any atom is 0.339 e. The van der Waals surface area contributed by atoms with E-state index in [9.17, 15) is 14.7 Å². The smallest absolute Gasteiger partial charge is 0.339 e. The minimum atomic E-state index is -1.38. The Labute approximate surface area is 133 Å². The molecule has 5 nitrogen and oxygen atoms in total. The number of amides is 1. The lowest BCUT2D eigenvalue weighted by molar-refractivity contribution is -0.234. The van der Waals surface area contributed by atoms with Crippen molar-refractivity contribution < 1.29 is 19.4 Å². The molecule has 1 aromatic rings. The molecule has 6 heteroatoms. The zero-order valence-electron chi connectivity index (χ0n) is 12.2. The highest BCUT2D eigenvalue weighted by Crippen LogP contribution is 2.52. The molecule has 0 bridgehead atoms. The van der Waals surface area contributed by atoms with Crippen molar-refractivity contribution in [1.82, 2.24) is 5.32 Å². The van der Waals surface area contributed by atoms with Gasteiger partial charge in [0.2, 0.25) is 11.4 Å². The fraction of sp³-hybridized carbons (Fsp3) is 0.500. The molecule has 2 saturated heterocycles. The van der Waals surface area contributed by atoms with E-state index in [1.807, 2.05) is 30.3 Å². The first-order chi connectivity index (χ1) is 10.5. The molecule has 2 aliphatic heterocycles. The number of aliphatic hydroxyl groups is 1. The molecule has 0 aliphatic carbocycles. The number of nitrogens with one attached hydrogen (secondary N) is 1. The summed E-state index contributed by atoms with van der Waals surface area (Å²) in [7, 11) is 0. The van der Waals surface area contributed by atoms with Crippen LogP contribution >= 0.6 is 11.6 Å². The number of halogens is 1. The monoisotopic (exact) mass is 323 g/mol. The Balaban J connectivity index is 1.90. The first-order valence-electron chi connectivity index (χ1n) is 7.29. The second-order valence-electron chi connectivity index (χ2n) is 6.03. The summed E-state index contributed by atoms with van der Waals surface area (Å²) in [4.78, 5) is 24.4. The molecule has 0 aromatic heterocycles. The fourth-order valence-electron chi connectivity index (χ4n) is 3.62. The van der Waals surface area contributed by atoms with Gasteiger partial charge in [-0.25, -0.2) is 4.79 Å². The van der Waals surface area contributed by atoms with Crippen molar-refractivity contribution in [2.45, 2.75) is 37.0 Å². The van der Waals surface area contributed by atoms with E-state index in [-0.39, 0.29) is 18.2 Å². The number of hydrogen-bond donors (Lipinski definition) is 2. The highest BCUT2D eigenvalue weighted by Gasteiger charge is 2.78. The number of benzene rings is 1. The lowest BCUT2D eigenvalue weighted by atomic mass is 9.67. The molecule has 2 fully saturated rings. The summed E-state index contributed by atoms with van der Waals surface area (Å²) in [5, 5.41) is 13.4. The molecule has 2 heterocycles. The van der Waals surface area contributed by atoms with Gasteiger partial charge in [0, 0.05) is 12.3 Å². The minimum Gasteiger partial charge on any atom is -0.453 e. The molecule has 1 aromatic carbocycles. The van der Waals surface area contributed by atoms with Crippen LogP contribution in [-0.2, 0) is 20.7 Å². The summed E-state index contributed by atoms with van der Waals surface area (Å²) < 4.78 is 5.31. The minimum absolute atomic E-state index is 0.263. The number of hydrogen-bond acceptors (Lipinski definition) is 4. The van der Waals surface area contributed by atoms with E-state index in [1.165, 1.54) is 0 Å². The average Bonchev–Trinajstić information content (AvgIpc) is 2.66. The van der Waals surface area contributed by atoms with Gasteiger partial charge in [-0.2, -0.15) is 0 Å². The molecule has 3 rings (SSSR count). The zero-order valence-corrected chi connectivity index (χ0v) is 13.0. The number of fused-ring (bicyclic) bond motifs is 1. The highest BCUT2D eigenvalue weighted by molar-refractivity contribution is 6.18. The summed E-state index contributed by atoms with van der Waals surface area (Å²) in [6.07, 6.45) is -0.387. The molecule has 0 saturated carbocycles. The van der Waals surface area contributed by atoms with Gasteiger partial charge in [0.1, 0.15) is 0 Å². The summed E-state index contributed by atoms with van der Waals surface area (Å²) in [5.74, 6) is -1.12. The predicted molar refractivity (Wildman–Crippen MR) is 80.4 cm³/mol. The van der Waals surface area contributed by atoms with Crippen LogP contribution in [0.4, 0.5) is 0 Å². The Hall–Kier alpha value is -1.59. The Morgan fingerprint density at radius 3 is 2.64 bits per heavy atom. The van der Waals surface area contributed by atoms with Crippen LogP contribution in [0.3, 0.4) is 0 Å². The van der Waals surface area contributed by atoms with Crippen molar-refractivity contribution >= 4 is 23.5 Å². The molecule has 22 heavy (non-hydrogen) atoms. The van der Waals surface area contributed by atoms with Crippen molar-refractivity contribution in [2.75, 3.05) is 5.88 Å². The van der Waals surface area contributed by atoms with Gasteiger partial charge in [-0.15, -0.1) is 11.6 Å². The number of ether oxygens (including phenoxy) is 1. The van der Waals surface area contributed by atoms with E-state index in [0.29, 0.717) is 6.42 Å². The summed E-state index contributed by atoms with van der Waals surface area (Å²) in [5.41, 5.74) is -1.54. The van der Waals surface area contributed by atoms with Crippen molar-refractivity contribution in [1.29, 1.82) is 0 Å². The average molecular weight is 324 g/mol. The second kappa shape index (κ2) is 5.25. The van der Waals surface area contributed by atoms with Gasteiger partial charge in [0.05, 0.1) is 12.0 Å². The largest absolute Gasteiger partial charge is 0.453 e. The SMILES string of the molecule is C[C@@]12OC(=O)[C@]1([C@@H](O)Cc1ccccc1)NC(=O)C2CCCl. The van der Waals surface area contributed by atoms with Crippen LogP contribution in [0.1, 0.15) is 18.9 Å². The zero-order chi connectivity index (χ0) is 16.0. The lowest BCUT2D eigenvalue weighted by Crippen LogP contribution is -2.79. The third kappa shape index (κ3) is 1.88. The van der Waals surface area contributed by atoms with Crippen LogP contribution in [0.15, 0.2) is 30.3 Å². The van der Waals surface area contributed by atoms with Crippen LogP contribution in [0, 0.1) is 5.92 Å². The molecular formula is C16H18ClNO4. The normalized spacial score (nSPS) is 34.4. The highest BCUT2D eigenvalue weighted by atomic mass is 35.5. The Morgan fingerprint density at radius 1 is 1.36 bits per heavy atom. The number of carbonyl (C=O) groups is 2. The van der Waals surface area contributed by atoms with Crippen molar-refractivity contribution in [3.05, 3.63) is 35.9 Å². The van der Waals surface area contributed by atoms with E-state index in [1.54, 1.807) is 6.92 Å². The molecule has 4 atom stereocenters. The van der Waals surface area contributed by atoms with Crippen LogP contribution in [0.2, 0.25) is 0 Å². The third-order valence-corrected chi connectivity index (χ3v) is 5.10. The second-order valence-corrected chi connectivity index (χ2v) is 6.41. The van der Waals surface area contributed by atoms with Crippen LogP contribution < -0.4 is 5.32 Å². The number of alkyl halides is 1. The molecule has 0 radical (unpaired) electrons. The first kappa shape index (κ1) is 15.3. The van der Waals surface area contributed by atoms with E-state index >= 15 is 0 Å². The summed E-state index contributed by atoms with van der Waals surface area (Å²) in [6.45, 7) is 1.69. The van der Waals surface area contributed by atoms with Gasteiger partial charge in [-0.05, 0) is 18.9 Å². The van der Waals surface area contributed by atoms with Crippen LogP contribution in [-0.4, -0.2) is 40.1 Å². The van der Waals surface area contributed by atoms with Gasteiger partial charge < -0.3 is 15.2 Å². The maximum absolute atomic E-state index is 12.2. The van der Waals surface area contributed by atoms with Crippen LogP contribution in [0.25, 0.3) is 0 Å². The quantitative estimate of drug-likeness (QED) is 0.626. The first-order valence-corrected chi connectivity index (χ1v) is 7.82. The third-order valence-electron chi connectivity index (χ3n) is 4.88. The molecule has 2 aliphatic rings. The molecule has 2 N–H and O–H groups in total. The van der Waals surface area contributed by atoms with Gasteiger partial charge in [0.25, 0.3) is 0 Å². The van der Waals surface area contributed by atoms with Gasteiger partial charge >= 0.3 is 5.97 Å². The standard InChI is InChI=1S/C16H18ClNO4/c1-15-11(7-8-17)13(20)18-16(15,14(21)22-15)12(19)9-10-5-3-2-4-6-10/h2-6,11-12,19H,7-9H2,1H3,(H,18,20)/t11?,12-,15-,16-/m0/s1. The van der Waals surface area contributed by atoms with E-state index in [2.05, 4.69) is 5.32 Å². The van der Waals surface area contributed by atoms with Gasteiger partial charge in [-0.1, -0.05) is 30.3 Å². The van der Waals surface area contributed by atoms with Crippen LogP contribution in [0.5, 0.6) is 0 Å². The predicted octanol–water partition coefficient (Wildman–Crippen LogP) is 1.02. The van der Waals surface area contributed by atoms with Crippen molar-refractivity contribution in [3.63, 3.8) is 0 Å². The van der Waals surface area contributed by atoms with Gasteiger partial charge in [-0.3, -0.25) is 4.79 Å². The Kier molecular flexibility index (Phi) is 3.65. The molecule has 118 valence electrons. The Morgan fingerprint density at radius 2 is 2.05 bits per heavy atom. The summed E-state index contributed by atoms with van der Waals surface area (Å²) >= 11 is 5.75. The van der Waals surface area contributed by atoms with Crippen molar-refractivity contribution in [3.8, 4) is 0 Å².